The molecule has 2 aromatic rings. The maximum Gasteiger partial charge on any atom is 0.243 e. The smallest absolute Gasteiger partial charge is 0.243 e. The van der Waals surface area contributed by atoms with Gasteiger partial charge in [0.25, 0.3) is 0 Å². The summed E-state index contributed by atoms with van der Waals surface area (Å²) >= 11 is 0. The molecule has 0 aliphatic heterocycles. The van der Waals surface area contributed by atoms with Crippen molar-refractivity contribution in [2.75, 3.05) is 13.2 Å². The Morgan fingerprint density at radius 3 is 2.22 bits per heavy atom. The van der Waals surface area contributed by atoms with Gasteiger partial charge in [-0.15, -0.1) is 0 Å². The minimum absolute atomic E-state index is 0.0250. The van der Waals surface area contributed by atoms with E-state index in [1.54, 1.807) is 12.1 Å². The van der Waals surface area contributed by atoms with Crippen molar-refractivity contribution >= 4 is 10.0 Å². The Hall–Kier alpha value is -2.20. The standard InChI is InChI=1S/C17H18N2O3S/c18-11-10-15-6-8-17(9-7-15)23(21,22)19(12-13-20)14-16-4-2-1-3-5-16/h1-9,20H,10,12-14H2. The van der Waals surface area contributed by atoms with Gasteiger partial charge in [-0.1, -0.05) is 42.5 Å². The zero-order valence-electron chi connectivity index (χ0n) is 12.6. The van der Waals surface area contributed by atoms with Gasteiger partial charge in [0.1, 0.15) is 0 Å². The number of aliphatic hydroxyl groups is 1. The molecule has 0 bridgehead atoms. The topological polar surface area (TPSA) is 81.4 Å². The number of benzene rings is 2. The lowest BCUT2D eigenvalue weighted by Gasteiger charge is -2.21. The largest absolute Gasteiger partial charge is 0.395 e. The molecule has 0 aromatic heterocycles. The number of nitriles is 1. The molecule has 0 amide bonds. The van der Waals surface area contributed by atoms with Crippen LogP contribution in [0.1, 0.15) is 11.1 Å². The summed E-state index contributed by atoms with van der Waals surface area (Å²) in [5.74, 6) is 0. The number of nitrogens with zero attached hydrogens (tertiary/aromatic N) is 2. The number of hydrogen-bond acceptors (Lipinski definition) is 4. The van der Waals surface area contributed by atoms with Gasteiger partial charge >= 0.3 is 0 Å². The Balaban J connectivity index is 2.27. The second kappa shape index (κ2) is 7.88. The molecular formula is C17H18N2O3S. The van der Waals surface area contributed by atoms with Crippen LogP contribution in [0.3, 0.4) is 0 Å². The second-order valence-corrected chi connectivity index (χ2v) is 6.96. The van der Waals surface area contributed by atoms with Gasteiger partial charge in [-0.2, -0.15) is 9.57 Å². The summed E-state index contributed by atoms with van der Waals surface area (Å²) in [6.07, 6.45) is 0.241. The van der Waals surface area contributed by atoms with E-state index in [9.17, 15) is 13.5 Å². The van der Waals surface area contributed by atoms with E-state index in [1.807, 2.05) is 36.4 Å². The molecular weight excluding hydrogens is 312 g/mol. The first-order valence-electron chi connectivity index (χ1n) is 7.19. The van der Waals surface area contributed by atoms with Crippen LogP contribution in [0.15, 0.2) is 59.5 Å². The highest BCUT2D eigenvalue weighted by atomic mass is 32.2. The van der Waals surface area contributed by atoms with Crippen molar-refractivity contribution < 1.29 is 13.5 Å². The van der Waals surface area contributed by atoms with E-state index in [1.165, 1.54) is 16.4 Å². The van der Waals surface area contributed by atoms with Crippen molar-refractivity contribution in [1.82, 2.24) is 4.31 Å². The second-order valence-electron chi connectivity index (χ2n) is 5.03. The molecule has 0 atom stereocenters. The van der Waals surface area contributed by atoms with Crippen molar-refractivity contribution in [3.8, 4) is 6.07 Å². The quantitative estimate of drug-likeness (QED) is 0.841. The Labute approximate surface area is 136 Å². The first-order chi connectivity index (χ1) is 11.1. The predicted octanol–water partition coefficient (Wildman–Crippen LogP) is 1.94. The molecule has 2 rings (SSSR count). The summed E-state index contributed by atoms with van der Waals surface area (Å²) < 4.78 is 26.7. The SMILES string of the molecule is N#CCc1ccc(S(=O)(=O)N(CCO)Cc2ccccc2)cc1. The molecule has 0 saturated carbocycles. The number of sulfonamides is 1. The van der Waals surface area contributed by atoms with Gasteiger partial charge in [-0.25, -0.2) is 8.42 Å². The fourth-order valence-corrected chi connectivity index (χ4v) is 3.62. The third kappa shape index (κ3) is 4.39. The van der Waals surface area contributed by atoms with E-state index in [2.05, 4.69) is 0 Å². The van der Waals surface area contributed by atoms with Gasteiger partial charge in [-0.05, 0) is 23.3 Å². The van der Waals surface area contributed by atoms with Crippen LogP contribution in [0.5, 0.6) is 0 Å². The first-order valence-corrected chi connectivity index (χ1v) is 8.63. The van der Waals surface area contributed by atoms with Gasteiger partial charge in [-0.3, -0.25) is 0 Å². The maximum atomic E-state index is 12.7. The molecule has 0 spiro atoms. The van der Waals surface area contributed by atoms with Crippen LogP contribution in [-0.4, -0.2) is 31.0 Å². The molecule has 2 aromatic carbocycles. The highest BCUT2D eigenvalue weighted by Gasteiger charge is 2.24. The van der Waals surface area contributed by atoms with E-state index in [-0.39, 0.29) is 31.0 Å². The lowest BCUT2D eigenvalue weighted by molar-refractivity contribution is 0.251. The monoisotopic (exact) mass is 330 g/mol. The predicted molar refractivity (Wildman–Crippen MR) is 86.9 cm³/mol. The highest BCUT2D eigenvalue weighted by molar-refractivity contribution is 7.89. The molecule has 0 radical (unpaired) electrons. The lowest BCUT2D eigenvalue weighted by Crippen LogP contribution is -2.33. The van der Waals surface area contributed by atoms with Crippen LogP contribution < -0.4 is 0 Å². The minimum Gasteiger partial charge on any atom is -0.395 e. The maximum absolute atomic E-state index is 12.7. The molecule has 23 heavy (non-hydrogen) atoms. The highest BCUT2D eigenvalue weighted by Crippen LogP contribution is 2.19. The Bertz CT molecular complexity index is 766. The first kappa shape index (κ1) is 17.2. The van der Waals surface area contributed by atoms with Gasteiger partial charge < -0.3 is 5.11 Å². The zero-order chi connectivity index (χ0) is 16.7. The molecule has 0 heterocycles. The van der Waals surface area contributed by atoms with E-state index in [0.29, 0.717) is 0 Å². The van der Waals surface area contributed by atoms with Crippen LogP contribution in [-0.2, 0) is 23.0 Å². The van der Waals surface area contributed by atoms with Crippen LogP contribution >= 0.6 is 0 Å². The summed E-state index contributed by atoms with van der Waals surface area (Å²) in [6.45, 7) is -0.0283. The van der Waals surface area contributed by atoms with Gasteiger partial charge in [0.05, 0.1) is 24.0 Å². The van der Waals surface area contributed by atoms with E-state index in [0.717, 1.165) is 11.1 Å². The van der Waals surface area contributed by atoms with E-state index < -0.39 is 10.0 Å². The van der Waals surface area contributed by atoms with Crippen molar-refractivity contribution in [3.05, 3.63) is 65.7 Å². The molecule has 0 unspecified atom stereocenters. The van der Waals surface area contributed by atoms with Crippen LogP contribution in [0.2, 0.25) is 0 Å². The molecule has 1 N–H and O–H groups in total. The number of rotatable bonds is 7. The Morgan fingerprint density at radius 1 is 1.00 bits per heavy atom. The van der Waals surface area contributed by atoms with Crippen molar-refractivity contribution in [1.29, 1.82) is 5.26 Å². The molecule has 0 fully saturated rings. The van der Waals surface area contributed by atoms with Gasteiger partial charge in [0.15, 0.2) is 0 Å². The molecule has 5 nitrogen and oxygen atoms in total. The fourth-order valence-electron chi connectivity index (χ4n) is 2.20. The molecule has 0 aliphatic carbocycles. The Kier molecular flexibility index (Phi) is 5.88. The van der Waals surface area contributed by atoms with E-state index >= 15 is 0 Å². The minimum atomic E-state index is -3.70. The van der Waals surface area contributed by atoms with Crippen LogP contribution in [0, 0.1) is 11.3 Å². The van der Waals surface area contributed by atoms with Gasteiger partial charge in [0, 0.05) is 13.1 Å². The summed E-state index contributed by atoms with van der Waals surface area (Å²) in [7, 11) is -3.70. The van der Waals surface area contributed by atoms with Gasteiger partial charge in [0.2, 0.25) is 10.0 Å². The molecule has 0 aliphatic rings. The normalized spacial score (nSPS) is 11.3. The summed E-state index contributed by atoms with van der Waals surface area (Å²) in [5, 5.41) is 17.9. The molecule has 120 valence electrons. The number of aliphatic hydroxyl groups excluding tert-OH is 1. The average Bonchev–Trinajstić information content (AvgIpc) is 2.56. The Morgan fingerprint density at radius 2 is 1.65 bits per heavy atom. The third-order valence-electron chi connectivity index (χ3n) is 3.40. The average molecular weight is 330 g/mol. The number of hydrogen-bond donors (Lipinski definition) is 1. The fraction of sp³-hybridized carbons (Fsp3) is 0.235. The van der Waals surface area contributed by atoms with Crippen molar-refractivity contribution in [3.63, 3.8) is 0 Å². The van der Waals surface area contributed by atoms with Crippen molar-refractivity contribution in [2.24, 2.45) is 0 Å². The van der Waals surface area contributed by atoms with Crippen LogP contribution in [0.4, 0.5) is 0 Å². The zero-order valence-corrected chi connectivity index (χ0v) is 13.4. The third-order valence-corrected chi connectivity index (χ3v) is 5.25. The van der Waals surface area contributed by atoms with E-state index in [4.69, 9.17) is 5.26 Å². The molecule has 0 saturated heterocycles. The van der Waals surface area contributed by atoms with Crippen molar-refractivity contribution in [2.45, 2.75) is 17.9 Å². The summed E-state index contributed by atoms with van der Waals surface area (Å²) in [5.41, 5.74) is 1.62. The lowest BCUT2D eigenvalue weighted by atomic mass is 10.2. The summed E-state index contributed by atoms with van der Waals surface area (Å²) in [6, 6.07) is 17.5. The van der Waals surface area contributed by atoms with Crippen LogP contribution in [0.25, 0.3) is 0 Å². The summed E-state index contributed by atoms with van der Waals surface area (Å²) in [4.78, 5) is 0.156. The molecule has 6 heteroatoms.